The molecule has 0 saturated carbocycles. The number of halogens is 1. The molecule has 1 fully saturated rings. The van der Waals surface area contributed by atoms with Crippen molar-refractivity contribution in [3.8, 4) is 0 Å². The Balaban J connectivity index is 1.83. The van der Waals surface area contributed by atoms with Gasteiger partial charge in [-0.25, -0.2) is 0 Å². The topological polar surface area (TPSA) is 32.3 Å². The Kier molecular flexibility index (Phi) is 5.35. The van der Waals surface area contributed by atoms with Gasteiger partial charge in [-0.05, 0) is 31.2 Å². The highest BCUT2D eigenvalue weighted by Crippen LogP contribution is 2.21. The van der Waals surface area contributed by atoms with Crippen LogP contribution in [0, 0.1) is 0 Å². The van der Waals surface area contributed by atoms with E-state index in [1.807, 2.05) is 29.2 Å². The minimum Gasteiger partial charge on any atom is -0.341 e. The van der Waals surface area contributed by atoms with Crippen LogP contribution in [0.4, 0.5) is 0 Å². The molecule has 0 aromatic heterocycles. The first kappa shape index (κ1) is 13.7. The number of hydrogen-bond acceptors (Lipinski definition) is 3. The molecule has 1 aliphatic heterocycles. The molecule has 1 aromatic rings. The van der Waals surface area contributed by atoms with Gasteiger partial charge in [0.2, 0.25) is 5.91 Å². The van der Waals surface area contributed by atoms with E-state index in [1.165, 1.54) is 0 Å². The SMILES string of the molecule is O=C(CSc1cccc(Cl)c1)N1CCCNCC1. The second kappa shape index (κ2) is 7.02. The summed E-state index contributed by atoms with van der Waals surface area (Å²) < 4.78 is 0. The first-order chi connectivity index (χ1) is 8.75. The van der Waals surface area contributed by atoms with Gasteiger partial charge in [-0.3, -0.25) is 4.79 Å². The van der Waals surface area contributed by atoms with Crippen LogP contribution >= 0.6 is 23.4 Å². The number of amides is 1. The van der Waals surface area contributed by atoms with Crippen molar-refractivity contribution in [2.45, 2.75) is 11.3 Å². The lowest BCUT2D eigenvalue weighted by atomic mass is 10.4. The van der Waals surface area contributed by atoms with Crippen LogP contribution in [0.2, 0.25) is 5.02 Å². The van der Waals surface area contributed by atoms with Crippen LogP contribution in [-0.2, 0) is 4.79 Å². The van der Waals surface area contributed by atoms with Crippen molar-refractivity contribution < 1.29 is 4.79 Å². The molecule has 1 N–H and O–H groups in total. The van der Waals surface area contributed by atoms with Gasteiger partial charge in [-0.2, -0.15) is 0 Å². The summed E-state index contributed by atoms with van der Waals surface area (Å²) in [4.78, 5) is 15.0. The quantitative estimate of drug-likeness (QED) is 0.864. The van der Waals surface area contributed by atoms with Gasteiger partial charge in [-0.1, -0.05) is 17.7 Å². The first-order valence-electron chi connectivity index (χ1n) is 6.12. The summed E-state index contributed by atoms with van der Waals surface area (Å²) in [5, 5.41) is 4.01. The summed E-state index contributed by atoms with van der Waals surface area (Å²) in [6.45, 7) is 3.58. The zero-order valence-corrected chi connectivity index (χ0v) is 11.8. The fourth-order valence-corrected chi connectivity index (χ4v) is 3.00. The monoisotopic (exact) mass is 284 g/mol. The third-order valence-corrected chi connectivity index (χ3v) is 4.06. The average Bonchev–Trinajstić information content (AvgIpc) is 2.65. The Labute approximate surface area is 117 Å². The molecule has 1 heterocycles. The molecule has 0 aliphatic carbocycles. The summed E-state index contributed by atoms with van der Waals surface area (Å²) in [5.41, 5.74) is 0. The Bertz CT molecular complexity index is 406. The fraction of sp³-hybridized carbons (Fsp3) is 0.462. The van der Waals surface area contributed by atoms with Crippen LogP contribution < -0.4 is 5.32 Å². The van der Waals surface area contributed by atoms with Crippen molar-refractivity contribution in [3.05, 3.63) is 29.3 Å². The number of nitrogens with zero attached hydrogens (tertiary/aromatic N) is 1. The Morgan fingerprint density at radius 3 is 3.11 bits per heavy atom. The highest BCUT2D eigenvalue weighted by atomic mass is 35.5. The van der Waals surface area contributed by atoms with Crippen molar-refractivity contribution in [2.75, 3.05) is 31.9 Å². The Morgan fingerprint density at radius 2 is 2.28 bits per heavy atom. The summed E-state index contributed by atoms with van der Waals surface area (Å²) in [5.74, 6) is 0.698. The van der Waals surface area contributed by atoms with Crippen LogP contribution in [-0.4, -0.2) is 42.7 Å². The van der Waals surface area contributed by atoms with E-state index in [4.69, 9.17) is 11.6 Å². The molecule has 98 valence electrons. The second-order valence-corrected chi connectivity index (χ2v) is 5.72. The van der Waals surface area contributed by atoms with E-state index in [0.29, 0.717) is 10.8 Å². The van der Waals surface area contributed by atoms with E-state index < -0.39 is 0 Å². The minimum absolute atomic E-state index is 0.212. The molecule has 0 unspecified atom stereocenters. The molecule has 1 amide bonds. The molecule has 2 rings (SSSR count). The molecular formula is C13H17ClN2OS. The predicted molar refractivity (Wildman–Crippen MR) is 76.2 cm³/mol. The molecule has 5 heteroatoms. The van der Waals surface area contributed by atoms with Gasteiger partial charge in [-0.15, -0.1) is 11.8 Å². The molecule has 0 atom stereocenters. The Hall–Kier alpha value is -0.710. The Morgan fingerprint density at radius 1 is 1.39 bits per heavy atom. The van der Waals surface area contributed by atoms with Gasteiger partial charge in [0.15, 0.2) is 0 Å². The van der Waals surface area contributed by atoms with Crippen molar-refractivity contribution in [1.82, 2.24) is 10.2 Å². The molecule has 1 aromatic carbocycles. The molecule has 1 saturated heterocycles. The van der Waals surface area contributed by atoms with Crippen LogP contribution in [0.15, 0.2) is 29.2 Å². The van der Waals surface area contributed by atoms with E-state index in [1.54, 1.807) is 11.8 Å². The number of thioether (sulfide) groups is 1. The van der Waals surface area contributed by atoms with Gasteiger partial charge >= 0.3 is 0 Å². The lowest BCUT2D eigenvalue weighted by molar-refractivity contribution is -0.128. The number of carbonyl (C=O) groups excluding carboxylic acids is 1. The van der Waals surface area contributed by atoms with Crippen LogP contribution in [0.5, 0.6) is 0 Å². The van der Waals surface area contributed by atoms with Crippen molar-refractivity contribution >= 4 is 29.3 Å². The molecule has 0 bridgehead atoms. The number of rotatable bonds is 3. The van der Waals surface area contributed by atoms with Gasteiger partial charge in [0.1, 0.15) is 0 Å². The van der Waals surface area contributed by atoms with E-state index in [-0.39, 0.29) is 5.91 Å². The first-order valence-corrected chi connectivity index (χ1v) is 7.49. The van der Waals surface area contributed by atoms with E-state index >= 15 is 0 Å². The van der Waals surface area contributed by atoms with Crippen molar-refractivity contribution in [1.29, 1.82) is 0 Å². The van der Waals surface area contributed by atoms with Crippen molar-refractivity contribution in [3.63, 3.8) is 0 Å². The maximum absolute atomic E-state index is 12.1. The average molecular weight is 285 g/mol. The highest BCUT2D eigenvalue weighted by Gasteiger charge is 2.15. The smallest absolute Gasteiger partial charge is 0.232 e. The van der Waals surface area contributed by atoms with E-state index in [0.717, 1.165) is 37.5 Å². The minimum atomic E-state index is 0.212. The summed E-state index contributed by atoms with van der Waals surface area (Å²) in [6.07, 6.45) is 1.04. The summed E-state index contributed by atoms with van der Waals surface area (Å²) in [7, 11) is 0. The highest BCUT2D eigenvalue weighted by molar-refractivity contribution is 8.00. The van der Waals surface area contributed by atoms with Crippen LogP contribution in [0.3, 0.4) is 0 Å². The number of hydrogen-bond donors (Lipinski definition) is 1. The lowest BCUT2D eigenvalue weighted by Crippen LogP contribution is -2.35. The third kappa shape index (κ3) is 4.19. The van der Waals surface area contributed by atoms with Crippen LogP contribution in [0.1, 0.15) is 6.42 Å². The van der Waals surface area contributed by atoms with E-state index in [2.05, 4.69) is 5.32 Å². The number of nitrogens with one attached hydrogen (secondary N) is 1. The fourth-order valence-electron chi connectivity index (χ4n) is 1.89. The van der Waals surface area contributed by atoms with Gasteiger partial charge in [0, 0.05) is 29.6 Å². The maximum atomic E-state index is 12.1. The summed E-state index contributed by atoms with van der Waals surface area (Å²) >= 11 is 7.46. The number of benzene rings is 1. The predicted octanol–water partition coefficient (Wildman–Crippen LogP) is 2.25. The largest absolute Gasteiger partial charge is 0.341 e. The lowest BCUT2D eigenvalue weighted by Gasteiger charge is -2.19. The maximum Gasteiger partial charge on any atom is 0.232 e. The van der Waals surface area contributed by atoms with Gasteiger partial charge in [0.25, 0.3) is 0 Å². The molecular weight excluding hydrogens is 268 g/mol. The van der Waals surface area contributed by atoms with Gasteiger partial charge < -0.3 is 10.2 Å². The molecule has 18 heavy (non-hydrogen) atoms. The van der Waals surface area contributed by atoms with Crippen molar-refractivity contribution in [2.24, 2.45) is 0 Å². The second-order valence-electron chi connectivity index (χ2n) is 4.23. The summed E-state index contributed by atoms with van der Waals surface area (Å²) in [6, 6.07) is 7.62. The zero-order valence-electron chi connectivity index (χ0n) is 10.2. The number of carbonyl (C=O) groups is 1. The van der Waals surface area contributed by atoms with Gasteiger partial charge in [0.05, 0.1) is 5.75 Å². The third-order valence-electron chi connectivity index (χ3n) is 2.85. The van der Waals surface area contributed by atoms with Crippen LogP contribution in [0.25, 0.3) is 0 Å². The van der Waals surface area contributed by atoms with E-state index in [9.17, 15) is 4.79 Å². The normalized spacial score (nSPS) is 16.4. The molecule has 1 aliphatic rings. The standard InChI is InChI=1S/C13H17ClN2OS/c14-11-3-1-4-12(9-11)18-10-13(17)16-7-2-5-15-6-8-16/h1,3-4,9,15H,2,5-8,10H2. The molecule has 0 radical (unpaired) electrons. The zero-order chi connectivity index (χ0) is 12.8. The molecule has 0 spiro atoms. The molecule has 3 nitrogen and oxygen atoms in total.